The molecule has 1 amide bonds. The largest absolute Gasteiger partial charge is 0.455 e. The predicted molar refractivity (Wildman–Crippen MR) is 116 cm³/mol. The van der Waals surface area contributed by atoms with Crippen LogP contribution in [0.25, 0.3) is 11.1 Å². The summed E-state index contributed by atoms with van der Waals surface area (Å²) in [5, 5.41) is 3.25. The van der Waals surface area contributed by atoms with E-state index in [1.54, 1.807) is 0 Å². The van der Waals surface area contributed by atoms with Gasteiger partial charge in [0.25, 0.3) is 5.91 Å². The van der Waals surface area contributed by atoms with Gasteiger partial charge in [-0.1, -0.05) is 54.6 Å². The third-order valence-electron chi connectivity index (χ3n) is 7.22. The molecule has 0 heterocycles. The summed E-state index contributed by atoms with van der Waals surface area (Å²) in [6.07, 6.45) is 7.51. The van der Waals surface area contributed by atoms with Gasteiger partial charge in [-0.05, 0) is 73.0 Å². The first-order valence-corrected chi connectivity index (χ1v) is 11.2. The second kappa shape index (κ2) is 7.90. The quantitative estimate of drug-likeness (QED) is 0.722. The van der Waals surface area contributed by atoms with E-state index in [1.165, 1.54) is 19.3 Å². The molecule has 4 bridgehead atoms. The Morgan fingerprint density at radius 1 is 0.833 bits per heavy atom. The van der Waals surface area contributed by atoms with Crippen molar-refractivity contribution >= 4 is 11.9 Å². The van der Waals surface area contributed by atoms with Crippen LogP contribution in [0.3, 0.4) is 0 Å². The molecule has 2 aromatic carbocycles. The number of hydrogen-bond donors (Lipinski definition) is 1. The standard InChI is InChI=1S/C26H29NO3/c28-24(27-26-14-19-10-20(15-26)12-21(11-19)16-26)17-30-25(29)13-18-6-8-23(9-7-18)22-4-2-1-3-5-22/h1-9,19-21H,10-17H2,(H,27,28). The van der Waals surface area contributed by atoms with Gasteiger partial charge in [-0.25, -0.2) is 0 Å². The fourth-order valence-corrected chi connectivity index (χ4v) is 6.40. The second-order valence-electron chi connectivity index (χ2n) is 9.65. The zero-order valence-electron chi connectivity index (χ0n) is 17.3. The number of carbonyl (C=O) groups is 2. The lowest BCUT2D eigenvalue weighted by molar-refractivity contribution is -0.149. The Balaban J connectivity index is 1.11. The van der Waals surface area contributed by atoms with Crippen molar-refractivity contribution in [3.63, 3.8) is 0 Å². The van der Waals surface area contributed by atoms with Gasteiger partial charge in [-0.15, -0.1) is 0 Å². The fraction of sp³-hybridized carbons (Fsp3) is 0.462. The van der Waals surface area contributed by atoms with E-state index < -0.39 is 0 Å². The third kappa shape index (κ3) is 4.14. The topological polar surface area (TPSA) is 55.4 Å². The molecular formula is C26H29NO3. The molecule has 0 aliphatic heterocycles. The molecule has 4 aliphatic carbocycles. The normalized spacial score (nSPS) is 28.9. The molecule has 4 heteroatoms. The molecule has 156 valence electrons. The number of benzene rings is 2. The Hall–Kier alpha value is -2.62. The van der Waals surface area contributed by atoms with Crippen molar-refractivity contribution < 1.29 is 14.3 Å². The van der Waals surface area contributed by atoms with Crippen LogP contribution in [-0.2, 0) is 20.7 Å². The molecule has 0 atom stereocenters. The summed E-state index contributed by atoms with van der Waals surface area (Å²) >= 11 is 0. The molecule has 4 fully saturated rings. The van der Waals surface area contributed by atoms with Gasteiger partial charge >= 0.3 is 5.97 Å². The van der Waals surface area contributed by atoms with Crippen LogP contribution in [0.2, 0.25) is 0 Å². The van der Waals surface area contributed by atoms with Crippen molar-refractivity contribution in [1.29, 1.82) is 0 Å². The first kappa shape index (κ1) is 19.3. The number of esters is 1. The van der Waals surface area contributed by atoms with Crippen molar-refractivity contribution in [2.45, 2.75) is 50.5 Å². The van der Waals surface area contributed by atoms with Gasteiger partial charge in [0.05, 0.1) is 6.42 Å². The summed E-state index contributed by atoms with van der Waals surface area (Å²) in [7, 11) is 0. The van der Waals surface area contributed by atoms with E-state index in [0.717, 1.165) is 53.7 Å². The molecular weight excluding hydrogens is 374 g/mol. The van der Waals surface area contributed by atoms with Crippen molar-refractivity contribution in [3.05, 3.63) is 60.2 Å². The van der Waals surface area contributed by atoms with Crippen molar-refractivity contribution in [2.75, 3.05) is 6.61 Å². The predicted octanol–water partition coefficient (Wildman–Crippen LogP) is 4.52. The third-order valence-corrected chi connectivity index (χ3v) is 7.22. The first-order chi connectivity index (χ1) is 14.6. The maximum Gasteiger partial charge on any atom is 0.310 e. The maximum atomic E-state index is 12.5. The molecule has 0 radical (unpaired) electrons. The molecule has 0 unspecified atom stereocenters. The summed E-state index contributed by atoms with van der Waals surface area (Å²) in [5.74, 6) is 1.82. The SMILES string of the molecule is O=C(COC(=O)Cc1ccc(-c2ccccc2)cc1)NC12CC3CC(CC(C3)C1)C2. The summed E-state index contributed by atoms with van der Waals surface area (Å²) in [6.45, 7) is -0.178. The highest BCUT2D eigenvalue weighted by atomic mass is 16.5. The van der Waals surface area contributed by atoms with E-state index in [1.807, 2.05) is 42.5 Å². The lowest BCUT2D eigenvalue weighted by Crippen LogP contribution is -2.60. The molecule has 0 aromatic heterocycles. The number of carbonyl (C=O) groups excluding carboxylic acids is 2. The van der Waals surface area contributed by atoms with Crippen LogP contribution in [0.15, 0.2) is 54.6 Å². The highest BCUT2D eigenvalue weighted by Crippen LogP contribution is 2.55. The van der Waals surface area contributed by atoms with E-state index >= 15 is 0 Å². The zero-order valence-corrected chi connectivity index (χ0v) is 17.3. The van der Waals surface area contributed by atoms with Crippen LogP contribution < -0.4 is 5.32 Å². The minimum absolute atomic E-state index is 0.0362. The molecule has 0 saturated heterocycles. The zero-order chi connectivity index (χ0) is 20.6. The minimum Gasteiger partial charge on any atom is -0.455 e. The van der Waals surface area contributed by atoms with Gasteiger partial charge in [0, 0.05) is 5.54 Å². The van der Waals surface area contributed by atoms with Crippen molar-refractivity contribution in [2.24, 2.45) is 17.8 Å². The first-order valence-electron chi connectivity index (χ1n) is 11.2. The Morgan fingerprint density at radius 3 is 2.00 bits per heavy atom. The van der Waals surface area contributed by atoms with E-state index in [-0.39, 0.29) is 30.4 Å². The Bertz CT molecular complexity index is 884. The van der Waals surface area contributed by atoms with Gasteiger partial charge in [0.1, 0.15) is 0 Å². The fourth-order valence-electron chi connectivity index (χ4n) is 6.40. The number of nitrogens with one attached hydrogen (secondary N) is 1. The minimum atomic E-state index is -0.358. The molecule has 1 N–H and O–H groups in total. The van der Waals surface area contributed by atoms with E-state index in [0.29, 0.717) is 0 Å². The summed E-state index contributed by atoms with van der Waals surface area (Å²) in [6, 6.07) is 18.0. The second-order valence-corrected chi connectivity index (χ2v) is 9.65. The smallest absolute Gasteiger partial charge is 0.310 e. The van der Waals surface area contributed by atoms with Gasteiger partial charge in [0.15, 0.2) is 6.61 Å². The molecule has 0 spiro atoms. The van der Waals surface area contributed by atoms with Gasteiger partial charge < -0.3 is 10.1 Å². The van der Waals surface area contributed by atoms with Crippen molar-refractivity contribution in [1.82, 2.24) is 5.32 Å². The van der Waals surface area contributed by atoms with Crippen LogP contribution in [0.5, 0.6) is 0 Å². The molecule has 4 saturated carbocycles. The maximum absolute atomic E-state index is 12.5. The molecule has 2 aromatic rings. The highest BCUT2D eigenvalue weighted by Gasteiger charge is 2.51. The molecule has 6 rings (SSSR count). The van der Waals surface area contributed by atoms with Crippen LogP contribution in [0.4, 0.5) is 0 Å². The van der Waals surface area contributed by atoms with E-state index in [4.69, 9.17) is 4.74 Å². The van der Waals surface area contributed by atoms with Crippen LogP contribution in [0.1, 0.15) is 44.1 Å². The lowest BCUT2D eigenvalue weighted by atomic mass is 9.53. The molecule has 4 aliphatic rings. The summed E-state index contributed by atoms with van der Waals surface area (Å²) in [5.41, 5.74) is 3.11. The van der Waals surface area contributed by atoms with Crippen LogP contribution >= 0.6 is 0 Å². The number of ether oxygens (including phenoxy) is 1. The Morgan fingerprint density at radius 2 is 1.40 bits per heavy atom. The monoisotopic (exact) mass is 403 g/mol. The highest BCUT2D eigenvalue weighted by molar-refractivity contribution is 5.82. The number of hydrogen-bond acceptors (Lipinski definition) is 3. The van der Waals surface area contributed by atoms with Gasteiger partial charge in [-0.3, -0.25) is 9.59 Å². The Labute approximate surface area is 178 Å². The van der Waals surface area contributed by atoms with E-state index in [9.17, 15) is 9.59 Å². The number of rotatable bonds is 6. The van der Waals surface area contributed by atoms with Crippen LogP contribution in [0, 0.1) is 17.8 Å². The van der Waals surface area contributed by atoms with Crippen molar-refractivity contribution in [3.8, 4) is 11.1 Å². The Kier molecular flexibility index (Phi) is 5.10. The average Bonchev–Trinajstić information content (AvgIpc) is 2.72. The average molecular weight is 404 g/mol. The van der Waals surface area contributed by atoms with E-state index in [2.05, 4.69) is 17.4 Å². The van der Waals surface area contributed by atoms with Gasteiger partial charge in [-0.2, -0.15) is 0 Å². The van der Waals surface area contributed by atoms with Gasteiger partial charge in [0.2, 0.25) is 0 Å². The summed E-state index contributed by atoms with van der Waals surface area (Å²) in [4.78, 5) is 24.7. The molecule has 4 nitrogen and oxygen atoms in total. The van der Waals surface area contributed by atoms with Crippen LogP contribution in [-0.4, -0.2) is 24.0 Å². The summed E-state index contributed by atoms with van der Waals surface area (Å²) < 4.78 is 5.29. The lowest BCUT2D eigenvalue weighted by Gasteiger charge is -2.56. The number of amides is 1. The molecule has 30 heavy (non-hydrogen) atoms.